The molecule has 0 aliphatic heterocycles. The second-order valence-corrected chi connectivity index (χ2v) is 3.20. The molecule has 68 valence electrons. The number of ether oxygens (including phenoxy) is 1. The zero-order valence-corrected chi connectivity index (χ0v) is 7.88. The van der Waals surface area contributed by atoms with Crippen molar-refractivity contribution in [2.75, 3.05) is 7.11 Å². The number of aryl methyl sites for hydroxylation is 2. The molecule has 5 nitrogen and oxygen atoms in total. The van der Waals surface area contributed by atoms with Gasteiger partial charge in [-0.25, -0.2) is 8.89 Å². The van der Waals surface area contributed by atoms with E-state index in [1.807, 2.05) is 0 Å². The predicted octanol–water partition coefficient (Wildman–Crippen LogP) is 0.318. The van der Waals surface area contributed by atoms with Gasteiger partial charge in [-0.2, -0.15) is 5.10 Å². The Hall–Kier alpha value is -0.880. The predicted molar refractivity (Wildman–Crippen MR) is 43.5 cm³/mol. The highest BCUT2D eigenvalue weighted by atomic mass is 32.2. The molecule has 1 unspecified atom stereocenters. The first-order valence-electron chi connectivity index (χ1n) is 3.26. The first-order chi connectivity index (χ1) is 5.57. The molecular weight excluding hydrogens is 180 g/mol. The Morgan fingerprint density at radius 3 is 2.58 bits per heavy atom. The molecular formula is C6H10N2O3S. The Morgan fingerprint density at radius 1 is 1.67 bits per heavy atom. The number of aromatic nitrogens is 2. The lowest BCUT2D eigenvalue weighted by Gasteiger charge is -1.99. The van der Waals surface area contributed by atoms with Crippen molar-refractivity contribution in [3.8, 4) is 5.88 Å². The van der Waals surface area contributed by atoms with Crippen molar-refractivity contribution in [2.45, 2.75) is 11.8 Å². The highest BCUT2D eigenvalue weighted by Crippen LogP contribution is 2.23. The van der Waals surface area contributed by atoms with E-state index in [4.69, 9.17) is 9.29 Å². The van der Waals surface area contributed by atoms with Crippen molar-refractivity contribution in [3.05, 3.63) is 5.69 Å². The third-order valence-electron chi connectivity index (χ3n) is 1.48. The van der Waals surface area contributed by atoms with Gasteiger partial charge in [-0.1, -0.05) is 0 Å². The smallest absolute Gasteiger partial charge is 0.230 e. The number of nitrogens with zero attached hydrogens (tertiary/aromatic N) is 2. The van der Waals surface area contributed by atoms with E-state index in [1.165, 1.54) is 11.8 Å². The average Bonchev–Trinajstić information content (AvgIpc) is 2.24. The third-order valence-corrected chi connectivity index (χ3v) is 2.30. The summed E-state index contributed by atoms with van der Waals surface area (Å²) in [6.45, 7) is 1.66. The largest absolute Gasteiger partial charge is 0.480 e. The number of methoxy groups -OCH3 is 1. The van der Waals surface area contributed by atoms with Gasteiger partial charge in [0.2, 0.25) is 5.88 Å². The molecule has 1 heterocycles. The van der Waals surface area contributed by atoms with E-state index in [2.05, 4.69) is 5.10 Å². The summed E-state index contributed by atoms with van der Waals surface area (Å²) >= 11 is -2.04. The van der Waals surface area contributed by atoms with Crippen LogP contribution < -0.4 is 4.74 Å². The molecule has 0 spiro atoms. The van der Waals surface area contributed by atoms with Crippen molar-refractivity contribution in [1.82, 2.24) is 9.78 Å². The summed E-state index contributed by atoms with van der Waals surface area (Å²) in [5, 5.41) is 3.94. The van der Waals surface area contributed by atoms with Crippen LogP contribution in [0.5, 0.6) is 5.88 Å². The van der Waals surface area contributed by atoms with Gasteiger partial charge in [-0.15, -0.1) is 0 Å². The molecule has 0 bridgehead atoms. The van der Waals surface area contributed by atoms with Gasteiger partial charge in [0.05, 0.1) is 12.8 Å². The Balaban J connectivity index is 3.32. The first kappa shape index (κ1) is 9.21. The zero-order chi connectivity index (χ0) is 9.30. The molecule has 0 radical (unpaired) electrons. The van der Waals surface area contributed by atoms with Crippen molar-refractivity contribution in [2.24, 2.45) is 7.05 Å². The molecule has 0 fully saturated rings. The topological polar surface area (TPSA) is 64.3 Å². The minimum Gasteiger partial charge on any atom is -0.480 e. The quantitative estimate of drug-likeness (QED) is 0.682. The first-order valence-corrected chi connectivity index (χ1v) is 4.37. The lowest BCUT2D eigenvalue weighted by Crippen LogP contribution is -1.97. The summed E-state index contributed by atoms with van der Waals surface area (Å²) in [6.07, 6.45) is 0. The van der Waals surface area contributed by atoms with Gasteiger partial charge < -0.3 is 9.29 Å². The van der Waals surface area contributed by atoms with Gasteiger partial charge in [0, 0.05) is 7.05 Å². The van der Waals surface area contributed by atoms with Gasteiger partial charge in [0.15, 0.2) is 16.0 Å². The van der Waals surface area contributed by atoms with Crippen LogP contribution in [0.1, 0.15) is 5.69 Å². The maximum atomic E-state index is 10.8. The molecule has 0 aromatic carbocycles. The van der Waals surface area contributed by atoms with Gasteiger partial charge in [-0.3, -0.25) is 0 Å². The van der Waals surface area contributed by atoms with E-state index in [1.54, 1.807) is 14.0 Å². The molecule has 1 aromatic rings. The maximum Gasteiger partial charge on any atom is 0.230 e. The molecule has 6 heteroatoms. The minimum absolute atomic E-state index is 0.236. The molecule has 12 heavy (non-hydrogen) atoms. The van der Waals surface area contributed by atoms with Crippen molar-refractivity contribution < 1.29 is 13.5 Å². The minimum atomic E-state index is -2.04. The van der Waals surface area contributed by atoms with Crippen LogP contribution in [0.2, 0.25) is 0 Å². The van der Waals surface area contributed by atoms with Crippen LogP contribution in [-0.4, -0.2) is 25.7 Å². The van der Waals surface area contributed by atoms with E-state index in [0.29, 0.717) is 11.6 Å². The third kappa shape index (κ3) is 1.35. The van der Waals surface area contributed by atoms with Crippen molar-refractivity contribution in [3.63, 3.8) is 0 Å². The van der Waals surface area contributed by atoms with Crippen LogP contribution in [-0.2, 0) is 18.1 Å². The Kier molecular flexibility index (Phi) is 2.49. The van der Waals surface area contributed by atoms with Crippen LogP contribution in [0.25, 0.3) is 0 Å². The Bertz CT molecular complexity index is 321. The fourth-order valence-electron chi connectivity index (χ4n) is 1.04. The zero-order valence-electron chi connectivity index (χ0n) is 7.07. The Labute approximate surface area is 72.6 Å². The second kappa shape index (κ2) is 3.24. The molecule has 0 saturated heterocycles. The highest BCUT2D eigenvalue weighted by molar-refractivity contribution is 7.79. The van der Waals surface area contributed by atoms with Gasteiger partial charge in [0.25, 0.3) is 0 Å². The summed E-state index contributed by atoms with van der Waals surface area (Å²) in [4.78, 5) is 0.236. The molecule has 1 rings (SSSR count). The molecule has 1 atom stereocenters. The van der Waals surface area contributed by atoms with Crippen LogP contribution in [0, 0.1) is 6.92 Å². The van der Waals surface area contributed by atoms with E-state index >= 15 is 0 Å². The van der Waals surface area contributed by atoms with E-state index in [9.17, 15) is 4.21 Å². The van der Waals surface area contributed by atoms with Gasteiger partial charge >= 0.3 is 0 Å². The summed E-state index contributed by atoms with van der Waals surface area (Å²) in [6, 6.07) is 0. The lowest BCUT2D eigenvalue weighted by atomic mass is 10.5. The standard InChI is InChI=1S/C6H10N2O3S/c1-4-5(12(9)10)6(11-3)8(2)7-4/h1-3H3,(H,9,10). The van der Waals surface area contributed by atoms with Gasteiger partial charge in [0.1, 0.15) is 0 Å². The monoisotopic (exact) mass is 190 g/mol. The summed E-state index contributed by atoms with van der Waals surface area (Å²) in [5.74, 6) is 0.327. The van der Waals surface area contributed by atoms with Crippen LogP contribution in [0.4, 0.5) is 0 Å². The number of rotatable bonds is 2. The fraction of sp³-hybridized carbons (Fsp3) is 0.500. The van der Waals surface area contributed by atoms with Crippen molar-refractivity contribution >= 4 is 11.1 Å². The number of hydrogen-bond donors (Lipinski definition) is 1. The summed E-state index contributed by atoms with van der Waals surface area (Å²) < 4.78 is 26.0. The summed E-state index contributed by atoms with van der Waals surface area (Å²) in [7, 11) is 3.09. The molecule has 0 aliphatic carbocycles. The molecule has 0 aliphatic rings. The molecule has 0 amide bonds. The van der Waals surface area contributed by atoms with Crippen LogP contribution in [0.15, 0.2) is 4.90 Å². The number of hydrogen-bond acceptors (Lipinski definition) is 3. The SMILES string of the molecule is COc1c(S(=O)O)c(C)nn1C. The lowest BCUT2D eigenvalue weighted by molar-refractivity contribution is 0.363. The summed E-state index contributed by atoms with van der Waals surface area (Å²) in [5.41, 5.74) is 0.509. The van der Waals surface area contributed by atoms with E-state index in [0.717, 1.165) is 0 Å². The average molecular weight is 190 g/mol. The van der Waals surface area contributed by atoms with Gasteiger partial charge in [-0.05, 0) is 6.92 Å². The fourth-order valence-corrected chi connectivity index (χ4v) is 1.70. The Morgan fingerprint density at radius 2 is 2.25 bits per heavy atom. The maximum absolute atomic E-state index is 10.8. The highest BCUT2D eigenvalue weighted by Gasteiger charge is 2.18. The van der Waals surface area contributed by atoms with E-state index in [-0.39, 0.29) is 4.90 Å². The molecule has 1 N–H and O–H groups in total. The van der Waals surface area contributed by atoms with Crippen LogP contribution in [0.3, 0.4) is 0 Å². The van der Waals surface area contributed by atoms with E-state index < -0.39 is 11.1 Å². The normalized spacial score (nSPS) is 13.0. The second-order valence-electron chi connectivity index (χ2n) is 2.30. The van der Waals surface area contributed by atoms with Crippen molar-refractivity contribution in [1.29, 1.82) is 0 Å². The molecule has 0 saturated carbocycles. The molecule has 1 aromatic heterocycles. The van der Waals surface area contributed by atoms with Crippen LogP contribution >= 0.6 is 0 Å².